The normalized spacial score (nSPS) is 28.4. The van der Waals surface area contributed by atoms with Crippen molar-refractivity contribution in [2.75, 3.05) is 0 Å². The van der Waals surface area contributed by atoms with Crippen molar-refractivity contribution in [2.24, 2.45) is 17.6 Å². The minimum Gasteiger partial charge on any atom is -0.325 e. The Bertz CT molecular complexity index is 398. The SMILES string of the molecule is CC(C)C1CCCC(N)(Cc2ccc(Cl)cc2)CC1. The Morgan fingerprint density at radius 1 is 1.21 bits per heavy atom. The fourth-order valence-electron chi connectivity index (χ4n) is 3.31. The molecule has 2 heteroatoms. The first kappa shape index (κ1) is 14.9. The van der Waals surface area contributed by atoms with Gasteiger partial charge in [0, 0.05) is 10.6 Å². The van der Waals surface area contributed by atoms with Crippen LogP contribution in [0.15, 0.2) is 24.3 Å². The summed E-state index contributed by atoms with van der Waals surface area (Å²) in [5.41, 5.74) is 7.96. The van der Waals surface area contributed by atoms with Crippen LogP contribution in [-0.2, 0) is 6.42 Å². The van der Waals surface area contributed by atoms with Crippen LogP contribution in [0.25, 0.3) is 0 Å². The van der Waals surface area contributed by atoms with Crippen LogP contribution in [0.4, 0.5) is 0 Å². The first-order chi connectivity index (χ1) is 8.98. The molecule has 0 heterocycles. The average Bonchev–Trinajstić information content (AvgIpc) is 2.55. The molecule has 0 saturated heterocycles. The van der Waals surface area contributed by atoms with E-state index >= 15 is 0 Å². The molecular weight excluding hydrogens is 254 g/mol. The van der Waals surface area contributed by atoms with Crippen molar-refractivity contribution < 1.29 is 0 Å². The third kappa shape index (κ3) is 4.22. The molecule has 2 atom stereocenters. The second-order valence-corrected chi connectivity index (χ2v) is 7.04. The molecule has 2 rings (SSSR count). The summed E-state index contributed by atoms with van der Waals surface area (Å²) >= 11 is 5.94. The molecule has 0 bridgehead atoms. The maximum atomic E-state index is 6.66. The smallest absolute Gasteiger partial charge is 0.0406 e. The molecular formula is C17H26ClN. The fraction of sp³-hybridized carbons (Fsp3) is 0.647. The van der Waals surface area contributed by atoms with Crippen molar-refractivity contribution in [3.63, 3.8) is 0 Å². The molecule has 106 valence electrons. The van der Waals surface area contributed by atoms with Crippen LogP contribution in [0.5, 0.6) is 0 Å². The molecule has 0 aliphatic heterocycles. The van der Waals surface area contributed by atoms with Gasteiger partial charge in [0.1, 0.15) is 0 Å². The van der Waals surface area contributed by atoms with E-state index in [0.717, 1.165) is 36.1 Å². The van der Waals surface area contributed by atoms with Gasteiger partial charge >= 0.3 is 0 Å². The minimum atomic E-state index is -0.0164. The summed E-state index contributed by atoms with van der Waals surface area (Å²) in [5.74, 6) is 1.65. The average molecular weight is 280 g/mol. The van der Waals surface area contributed by atoms with Gasteiger partial charge in [-0.25, -0.2) is 0 Å². The number of nitrogens with two attached hydrogens (primary N) is 1. The van der Waals surface area contributed by atoms with Crippen LogP contribution >= 0.6 is 11.6 Å². The Morgan fingerprint density at radius 3 is 2.53 bits per heavy atom. The highest BCUT2D eigenvalue weighted by Crippen LogP contribution is 2.34. The molecule has 1 aliphatic rings. The summed E-state index contributed by atoms with van der Waals surface area (Å²) in [7, 11) is 0. The van der Waals surface area contributed by atoms with E-state index in [1.165, 1.54) is 24.8 Å². The van der Waals surface area contributed by atoms with E-state index in [-0.39, 0.29) is 5.54 Å². The molecule has 1 aliphatic carbocycles. The summed E-state index contributed by atoms with van der Waals surface area (Å²) in [6, 6.07) is 8.16. The molecule has 0 aromatic heterocycles. The monoisotopic (exact) mass is 279 g/mol. The summed E-state index contributed by atoms with van der Waals surface area (Å²) in [6.07, 6.45) is 7.18. The first-order valence-electron chi connectivity index (χ1n) is 7.52. The lowest BCUT2D eigenvalue weighted by Crippen LogP contribution is -2.41. The van der Waals surface area contributed by atoms with Crippen molar-refractivity contribution in [2.45, 2.75) is 57.9 Å². The molecule has 1 saturated carbocycles. The summed E-state index contributed by atoms with van der Waals surface area (Å²) in [4.78, 5) is 0. The summed E-state index contributed by atoms with van der Waals surface area (Å²) in [6.45, 7) is 4.68. The zero-order chi connectivity index (χ0) is 13.9. The van der Waals surface area contributed by atoms with Crippen molar-refractivity contribution in [1.29, 1.82) is 0 Å². The molecule has 1 aromatic rings. The van der Waals surface area contributed by atoms with Crippen LogP contribution < -0.4 is 5.73 Å². The van der Waals surface area contributed by atoms with Crippen molar-refractivity contribution in [3.8, 4) is 0 Å². The highest BCUT2D eigenvalue weighted by atomic mass is 35.5. The number of rotatable bonds is 3. The van der Waals surface area contributed by atoms with Crippen molar-refractivity contribution in [1.82, 2.24) is 0 Å². The zero-order valence-electron chi connectivity index (χ0n) is 12.2. The number of halogens is 1. The van der Waals surface area contributed by atoms with E-state index in [4.69, 9.17) is 17.3 Å². The Balaban J connectivity index is 2.00. The van der Waals surface area contributed by atoms with Gasteiger partial charge in [-0.3, -0.25) is 0 Å². The minimum absolute atomic E-state index is 0.0164. The van der Waals surface area contributed by atoms with Crippen LogP contribution in [0, 0.1) is 11.8 Å². The van der Waals surface area contributed by atoms with Gasteiger partial charge in [-0.15, -0.1) is 0 Å². The molecule has 0 spiro atoms. The Labute approximate surface area is 122 Å². The van der Waals surface area contributed by atoms with Crippen molar-refractivity contribution >= 4 is 11.6 Å². The van der Waals surface area contributed by atoms with Crippen LogP contribution in [0.1, 0.15) is 51.5 Å². The highest BCUT2D eigenvalue weighted by Gasteiger charge is 2.30. The predicted molar refractivity (Wildman–Crippen MR) is 83.5 cm³/mol. The van der Waals surface area contributed by atoms with Gasteiger partial charge in [0.2, 0.25) is 0 Å². The molecule has 2 N–H and O–H groups in total. The Morgan fingerprint density at radius 2 is 1.89 bits per heavy atom. The van der Waals surface area contributed by atoms with E-state index in [9.17, 15) is 0 Å². The van der Waals surface area contributed by atoms with Gasteiger partial charge in [0.25, 0.3) is 0 Å². The maximum Gasteiger partial charge on any atom is 0.0406 e. The van der Waals surface area contributed by atoms with Crippen LogP contribution in [-0.4, -0.2) is 5.54 Å². The third-order valence-corrected chi connectivity index (χ3v) is 4.93. The summed E-state index contributed by atoms with van der Waals surface area (Å²) in [5, 5.41) is 0.801. The lowest BCUT2D eigenvalue weighted by Gasteiger charge is -2.28. The van der Waals surface area contributed by atoms with Gasteiger partial charge in [0.15, 0.2) is 0 Å². The first-order valence-corrected chi connectivity index (χ1v) is 7.90. The molecule has 0 radical (unpaired) electrons. The molecule has 0 amide bonds. The number of hydrogen-bond donors (Lipinski definition) is 1. The lowest BCUT2D eigenvalue weighted by atomic mass is 9.83. The molecule has 1 nitrogen and oxygen atoms in total. The largest absolute Gasteiger partial charge is 0.325 e. The zero-order valence-corrected chi connectivity index (χ0v) is 12.9. The molecule has 1 aromatic carbocycles. The fourth-order valence-corrected chi connectivity index (χ4v) is 3.44. The van der Waals surface area contributed by atoms with Gasteiger partial charge in [-0.05, 0) is 55.2 Å². The second-order valence-electron chi connectivity index (χ2n) is 6.60. The van der Waals surface area contributed by atoms with Gasteiger partial charge < -0.3 is 5.73 Å². The highest BCUT2D eigenvalue weighted by molar-refractivity contribution is 6.30. The second kappa shape index (κ2) is 6.28. The predicted octanol–water partition coefficient (Wildman–Crippen LogP) is 4.82. The standard InChI is InChI=1S/C17H26ClN/c1-13(2)15-4-3-10-17(19,11-9-15)12-14-5-7-16(18)8-6-14/h5-8,13,15H,3-4,9-12,19H2,1-2H3. The van der Waals surface area contributed by atoms with Gasteiger partial charge in [0.05, 0.1) is 0 Å². The van der Waals surface area contributed by atoms with Crippen LogP contribution in [0.2, 0.25) is 5.02 Å². The molecule has 2 unspecified atom stereocenters. The van der Waals surface area contributed by atoms with Crippen LogP contribution in [0.3, 0.4) is 0 Å². The van der Waals surface area contributed by atoms with E-state index in [1.54, 1.807) is 0 Å². The Kier molecular flexibility index (Phi) is 4.92. The third-order valence-electron chi connectivity index (χ3n) is 4.67. The van der Waals surface area contributed by atoms with Crippen molar-refractivity contribution in [3.05, 3.63) is 34.9 Å². The number of hydrogen-bond acceptors (Lipinski definition) is 1. The molecule has 19 heavy (non-hydrogen) atoms. The van der Waals surface area contributed by atoms with E-state index in [1.807, 2.05) is 12.1 Å². The maximum absolute atomic E-state index is 6.66. The summed E-state index contributed by atoms with van der Waals surface area (Å²) < 4.78 is 0. The van der Waals surface area contributed by atoms with E-state index in [0.29, 0.717) is 0 Å². The molecule has 1 fully saturated rings. The van der Waals surface area contributed by atoms with E-state index < -0.39 is 0 Å². The number of benzene rings is 1. The quantitative estimate of drug-likeness (QED) is 0.789. The van der Waals surface area contributed by atoms with Gasteiger partial charge in [-0.2, -0.15) is 0 Å². The topological polar surface area (TPSA) is 26.0 Å². The lowest BCUT2D eigenvalue weighted by molar-refractivity contribution is 0.322. The Hall–Kier alpha value is -0.530. The van der Waals surface area contributed by atoms with E-state index in [2.05, 4.69) is 26.0 Å². The van der Waals surface area contributed by atoms with Gasteiger partial charge in [-0.1, -0.05) is 50.4 Å².